The van der Waals surface area contributed by atoms with E-state index >= 15 is 0 Å². The average molecular weight is 403 g/mol. The van der Waals surface area contributed by atoms with Crippen molar-refractivity contribution in [1.29, 1.82) is 0 Å². The number of fused-ring (bicyclic) bond motifs is 2. The highest BCUT2D eigenvalue weighted by Gasteiger charge is 2.22. The molecule has 0 unspecified atom stereocenters. The van der Waals surface area contributed by atoms with E-state index in [0.717, 1.165) is 25.0 Å². The Hall–Kier alpha value is -3.88. The van der Waals surface area contributed by atoms with Crippen LogP contribution in [0.25, 0.3) is 5.52 Å². The first-order valence-corrected chi connectivity index (χ1v) is 9.84. The number of aliphatic hydroxyl groups excluding tert-OH is 1. The Labute approximate surface area is 172 Å². The zero-order valence-electron chi connectivity index (χ0n) is 16.3. The molecule has 9 heteroatoms. The van der Waals surface area contributed by atoms with Gasteiger partial charge < -0.3 is 19.7 Å². The van der Waals surface area contributed by atoms with Crippen LogP contribution in [0.5, 0.6) is 0 Å². The first-order chi connectivity index (χ1) is 14.8. The SMILES string of the molecule is OC1=CC2=NCCOC2=C/C1=N\c1c(NCCCn2ccnc2)nn2ccccc12. The summed E-state index contributed by atoms with van der Waals surface area (Å²) in [6, 6.07) is 5.80. The first-order valence-electron chi connectivity index (χ1n) is 9.84. The zero-order chi connectivity index (χ0) is 20.3. The van der Waals surface area contributed by atoms with Crippen molar-refractivity contribution < 1.29 is 9.84 Å². The Bertz CT molecular complexity index is 1190. The summed E-state index contributed by atoms with van der Waals surface area (Å²) in [4.78, 5) is 13.2. The molecule has 0 radical (unpaired) electrons. The number of aromatic nitrogens is 4. The van der Waals surface area contributed by atoms with E-state index in [9.17, 15) is 5.11 Å². The van der Waals surface area contributed by atoms with Crippen molar-refractivity contribution in [1.82, 2.24) is 19.2 Å². The van der Waals surface area contributed by atoms with E-state index in [1.807, 2.05) is 35.2 Å². The number of pyridine rings is 1. The molecule has 0 fully saturated rings. The Kier molecular flexibility index (Phi) is 4.76. The number of rotatable bonds is 6. The highest BCUT2D eigenvalue weighted by Crippen LogP contribution is 2.31. The minimum absolute atomic E-state index is 0.0596. The lowest BCUT2D eigenvalue weighted by Gasteiger charge is -2.19. The molecule has 0 atom stereocenters. The van der Waals surface area contributed by atoms with Crippen LogP contribution in [0.4, 0.5) is 11.5 Å². The molecule has 3 aromatic rings. The Morgan fingerprint density at radius 3 is 3.10 bits per heavy atom. The van der Waals surface area contributed by atoms with Crippen LogP contribution >= 0.6 is 0 Å². The lowest BCUT2D eigenvalue weighted by Crippen LogP contribution is -2.20. The maximum atomic E-state index is 10.5. The average Bonchev–Trinajstić information content (AvgIpc) is 3.40. The molecule has 3 aromatic heterocycles. The molecule has 0 aromatic carbocycles. The quantitative estimate of drug-likeness (QED) is 0.487. The van der Waals surface area contributed by atoms with Crippen LogP contribution in [0, 0.1) is 0 Å². The maximum absolute atomic E-state index is 10.5. The number of hydrogen-bond donors (Lipinski definition) is 2. The molecule has 2 N–H and O–H groups in total. The van der Waals surface area contributed by atoms with Gasteiger partial charge in [0.1, 0.15) is 35.2 Å². The van der Waals surface area contributed by atoms with Gasteiger partial charge in [-0.15, -0.1) is 5.10 Å². The van der Waals surface area contributed by atoms with Crippen molar-refractivity contribution in [3.63, 3.8) is 0 Å². The highest BCUT2D eigenvalue weighted by atomic mass is 16.5. The molecule has 1 aliphatic heterocycles. The van der Waals surface area contributed by atoms with E-state index in [1.54, 1.807) is 29.2 Å². The third-order valence-corrected chi connectivity index (χ3v) is 4.88. The normalized spacial score (nSPS) is 17.2. The predicted molar refractivity (Wildman–Crippen MR) is 115 cm³/mol. The van der Waals surface area contributed by atoms with Gasteiger partial charge in [-0.25, -0.2) is 14.5 Å². The largest absolute Gasteiger partial charge is 0.506 e. The van der Waals surface area contributed by atoms with E-state index in [1.165, 1.54) is 0 Å². The number of aryl methyl sites for hydroxylation is 1. The van der Waals surface area contributed by atoms with Crippen molar-refractivity contribution in [3.05, 3.63) is 66.8 Å². The van der Waals surface area contributed by atoms with Crippen molar-refractivity contribution >= 4 is 28.4 Å². The lowest BCUT2D eigenvalue weighted by molar-refractivity contribution is 0.232. The molecule has 9 nitrogen and oxygen atoms in total. The van der Waals surface area contributed by atoms with E-state index in [2.05, 4.69) is 20.4 Å². The molecule has 0 saturated carbocycles. The number of aliphatic imine (C=N–C) groups is 2. The number of aliphatic hydroxyl groups is 1. The van der Waals surface area contributed by atoms with Crippen LogP contribution in [0.15, 0.2) is 76.8 Å². The van der Waals surface area contributed by atoms with E-state index in [4.69, 9.17) is 9.73 Å². The van der Waals surface area contributed by atoms with Crippen LogP contribution in [0.3, 0.4) is 0 Å². The molecule has 0 spiro atoms. The van der Waals surface area contributed by atoms with Gasteiger partial charge in [-0.2, -0.15) is 0 Å². The summed E-state index contributed by atoms with van der Waals surface area (Å²) < 4.78 is 9.47. The van der Waals surface area contributed by atoms with E-state index in [-0.39, 0.29) is 5.76 Å². The van der Waals surface area contributed by atoms with Gasteiger partial charge in [-0.3, -0.25) is 4.99 Å². The van der Waals surface area contributed by atoms with Gasteiger partial charge >= 0.3 is 0 Å². The zero-order valence-corrected chi connectivity index (χ0v) is 16.3. The van der Waals surface area contributed by atoms with Gasteiger partial charge in [0.05, 0.1) is 18.4 Å². The summed E-state index contributed by atoms with van der Waals surface area (Å²) in [5.41, 5.74) is 2.58. The predicted octanol–water partition coefficient (Wildman–Crippen LogP) is 2.92. The maximum Gasteiger partial charge on any atom is 0.175 e. The van der Waals surface area contributed by atoms with E-state index < -0.39 is 0 Å². The summed E-state index contributed by atoms with van der Waals surface area (Å²) in [5, 5.41) is 18.5. The van der Waals surface area contributed by atoms with Crippen LogP contribution in [-0.4, -0.2) is 55.4 Å². The molecule has 152 valence electrons. The second-order valence-electron chi connectivity index (χ2n) is 6.96. The number of ether oxygens (including phenoxy) is 1. The molecule has 5 rings (SSSR count). The lowest BCUT2D eigenvalue weighted by atomic mass is 10.1. The van der Waals surface area contributed by atoms with Crippen molar-refractivity contribution in [2.75, 3.05) is 25.0 Å². The Balaban J connectivity index is 1.43. The molecule has 2 aliphatic rings. The third-order valence-electron chi connectivity index (χ3n) is 4.88. The van der Waals surface area contributed by atoms with Crippen molar-refractivity contribution in [2.45, 2.75) is 13.0 Å². The summed E-state index contributed by atoms with van der Waals surface area (Å²) >= 11 is 0. The van der Waals surface area contributed by atoms with Gasteiger partial charge in [-0.05, 0) is 18.6 Å². The fourth-order valence-electron chi connectivity index (χ4n) is 3.42. The second-order valence-corrected chi connectivity index (χ2v) is 6.96. The number of nitrogens with zero attached hydrogens (tertiary/aromatic N) is 6. The van der Waals surface area contributed by atoms with Crippen molar-refractivity contribution in [3.8, 4) is 0 Å². The van der Waals surface area contributed by atoms with Crippen LogP contribution in [0.2, 0.25) is 0 Å². The minimum atomic E-state index is 0.0596. The molecule has 4 heterocycles. The minimum Gasteiger partial charge on any atom is -0.506 e. The molecule has 0 saturated heterocycles. The van der Waals surface area contributed by atoms with Crippen LogP contribution in [0.1, 0.15) is 6.42 Å². The monoisotopic (exact) mass is 403 g/mol. The molecular formula is C21H21N7O2. The summed E-state index contributed by atoms with van der Waals surface area (Å²) in [6.07, 6.45) is 11.6. The number of anilines is 1. The van der Waals surface area contributed by atoms with Crippen LogP contribution < -0.4 is 5.32 Å². The molecule has 30 heavy (non-hydrogen) atoms. The summed E-state index contributed by atoms with van der Waals surface area (Å²) in [7, 11) is 0. The molecule has 0 amide bonds. The number of allylic oxidation sites excluding steroid dienone is 2. The fourth-order valence-corrected chi connectivity index (χ4v) is 3.42. The molecule has 0 bridgehead atoms. The summed E-state index contributed by atoms with van der Waals surface area (Å²) in [5.74, 6) is 1.35. The molecular weight excluding hydrogens is 382 g/mol. The molecule has 1 aliphatic carbocycles. The fraction of sp³-hybridized carbons (Fsp3) is 0.238. The van der Waals surface area contributed by atoms with Crippen molar-refractivity contribution in [2.24, 2.45) is 9.98 Å². The van der Waals surface area contributed by atoms with Gasteiger partial charge in [0.2, 0.25) is 0 Å². The number of hydrogen-bond acceptors (Lipinski definition) is 7. The van der Waals surface area contributed by atoms with Gasteiger partial charge in [-0.1, -0.05) is 6.07 Å². The van der Waals surface area contributed by atoms with Gasteiger partial charge in [0.15, 0.2) is 5.82 Å². The summed E-state index contributed by atoms with van der Waals surface area (Å²) in [6.45, 7) is 2.70. The highest BCUT2D eigenvalue weighted by molar-refractivity contribution is 6.22. The topological polar surface area (TPSA) is 101 Å². The van der Waals surface area contributed by atoms with E-state index in [0.29, 0.717) is 41.8 Å². The van der Waals surface area contributed by atoms with Gasteiger partial charge in [0.25, 0.3) is 0 Å². The standard InChI is InChI=1S/C21H21N7O2/c29-18-12-16-19(30-11-7-23-16)13-15(18)25-20-17-4-1-2-9-28(17)26-21(20)24-5-3-8-27-10-6-22-14-27/h1-2,4,6,9-10,12-14,29H,3,5,7-8,11H2,(H,24,26)/b25-15+. The van der Waals surface area contributed by atoms with Crippen LogP contribution in [-0.2, 0) is 11.3 Å². The Morgan fingerprint density at radius 1 is 1.23 bits per heavy atom. The number of imidazole rings is 1. The smallest absolute Gasteiger partial charge is 0.175 e. The number of nitrogens with one attached hydrogen (secondary N) is 1. The van der Waals surface area contributed by atoms with Gasteiger partial charge in [0, 0.05) is 43.8 Å². The third kappa shape index (κ3) is 3.57. The second kappa shape index (κ2) is 7.86. The first kappa shape index (κ1) is 18.2. The Morgan fingerprint density at radius 2 is 2.20 bits per heavy atom.